The van der Waals surface area contributed by atoms with E-state index in [1.165, 1.54) is 12.1 Å². The van der Waals surface area contributed by atoms with Gasteiger partial charge in [0.1, 0.15) is 17.2 Å². The second-order valence-corrected chi connectivity index (χ2v) is 11.6. The van der Waals surface area contributed by atoms with Crippen LogP contribution in [0.4, 0.5) is 26.3 Å². The molecule has 6 rings (SSSR count). The standard InChI is InChI=1S/C30H26F6N2O4/c31-29(32,33)22-4-2-1-3-20(22)24-21(26(42-38-24)18-6-7-18)8-5-16-10-28(11-16)12-17(13-28)15-41-19-9-23(30(34,35)36)25(27(39)40)37-14-19/h1-5,8-9,14,16-18H,6-7,10-13,15H2,(H,39,40). The zero-order chi connectivity index (χ0) is 29.9. The van der Waals surface area contributed by atoms with Gasteiger partial charge in [0.05, 0.1) is 23.9 Å². The van der Waals surface area contributed by atoms with Gasteiger partial charge in [-0.2, -0.15) is 26.3 Å². The first kappa shape index (κ1) is 28.3. The molecule has 0 atom stereocenters. The fourth-order valence-corrected chi connectivity index (χ4v) is 6.40. The van der Waals surface area contributed by atoms with Crippen molar-refractivity contribution in [2.24, 2.45) is 17.3 Å². The molecule has 0 bridgehead atoms. The molecule has 2 heterocycles. The Morgan fingerprint density at radius 1 is 1.05 bits per heavy atom. The lowest BCUT2D eigenvalue weighted by atomic mass is 9.48. The Morgan fingerprint density at radius 3 is 2.38 bits per heavy atom. The van der Waals surface area contributed by atoms with Crippen LogP contribution in [0.1, 0.15) is 77.4 Å². The van der Waals surface area contributed by atoms with E-state index in [0.717, 1.165) is 50.8 Å². The molecule has 3 fully saturated rings. The van der Waals surface area contributed by atoms with Crippen LogP contribution in [0.3, 0.4) is 0 Å². The fourth-order valence-electron chi connectivity index (χ4n) is 6.40. The van der Waals surface area contributed by atoms with Crippen LogP contribution in [0, 0.1) is 17.3 Å². The van der Waals surface area contributed by atoms with Crippen molar-refractivity contribution in [3.05, 3.63) is 70.7 Å². The summed E-state index contributed by atoms with van der Waals surface area (Å²) in [6.07, 6.45) is 0.730. The first-order valence-electron chi connectivity index (χ1n) is 13.6. The molecule has 2 aromatic heterocycles. The lowest BCUT2D eigenvalue weighted by Crippen LogP contribution is -2.48. The number of pyridine rings is 1. The number of carboxylic acids is 1. The van der Waals surface area contributed by atoms with Gasteiger partial charge in [-0.1, -0.05) is 35.5 Å². The average molecular weight is 593 g/mol. The second kappa shape index (κ2) is 10.2. The molecule has 6 nitrogen and oxygen atoms in total. The summed E-state index contributed by atoms with van der Waals surface area (Å²) < 4.78 is 91.8. The molecule has 0 unspecified atom stereocenters. The maximum absolute atomic E-state index is 13.7. The van der Waals surface area contributed by atoms with Crippen molar-refractivity contribution < 1.29 is 45.5 Å². The number of carbonyl (C=O) groups is 1. The van der Waals surface area contributed by atoms with E-state index in [4.69, 9.17) is 14.4 Å². The third-order valence-electron chi connectivity index (χ3n) is 8.42. The summed E-state index contributed by atoms with van der Waals surface area (Å²) in [5.74, 6) is -0.737. The highest BCUT2D eigenvalue weighted by Crippen LogP contribution is 2.61. The summed E-state index contributed by atoms with van der Waals surface area (Å²) >= 11 is 0. The Hall–Kier alpha value is -3.83. The summed E-state index contributed by atoms with van der Waals surface area (Å²) in [4.78, 5) is 14.5. The number of hydrogen-bond donors (Lipinski definition) is 1. The van der Waals surface area contributed by atoms with Gasteiger partial charge in [0.2, 0.25) is 0 Å². The number of aromatic carboxylic acids is 1. The average Bonchev–Trinajstić information content (AvgIpc) is 3.64. The molecule has 3 aliphatic carbocycles. The lowest BCUT2D eigenvalue weighted by molar-refractivity contribution is -0.138. The molecule has 1 N–H and O–H groups in total. The SMILES string of the molecule is O=C(O)c1ncc(OCC2CC3(CC(C=Cc4c(-c5ccccc5C(F)(F)F)noc4C4CC4)C3)C2)cc1C(F)(F)F. The van der Waals surface area contributed by atoms with Gasteiger partial charge in [-0.15, -0.1) is 0 Å². The molecule has 12 heteroatoms. The van der Waals surface area contributed by atoms with Crippen LogP contribution in [-0.4, -0.2) is 27.8 Å². The van der Waals surface area contributed by atoms with E-state index in [9.17, 15) is 31.1 Å². The molecule has 0 radical (unpaired) electrons. The Bertz CT molecular complexity index is 1530. The zero-order valence-electron chi connectivity index (χ0n) is 22.1. The van der Waals surface area contributed by atoms with Crippen molar-refractivity contribution in [3.63, 3.8) is 0 Å². The zero-order valence-corrected chi connectivity index (χ0v) is 22.1. The number of hydrogen-bond acceptors (Lipinski definition) is 5. The minimum atomic E-state index is -4.87. The molecule has 222 valence electrons. The molecule has 3 aliphatic rings. The smallest absolute Gasteiger partial charge is 0.418 e. The molecule has 1 aromatic carbocycles. The first-order chi connectivity index (χ1) is 19.8. The number of carboxylic acid groups (broad SMARTS) is 1. The molecule has 0 amide bonds. The number of rotatable bonds is 8. The van der Waals surface area contributed by atoms with Gasteiger partial charge in [0.15, 0.2) is 5.69 Å². The van der Waals surface area contributed by atoms with Crippen LogP contribution in [-0.2, 0) is 12.4 Å². The van der Waals surface area contributed by atoms with Gasteiger partial charge in [0, 0.05) is 17.0 Å². The van der Waals surface area contributed by atoms with E-state index in [1.54, 1.807) is 6.07 Å². The van der Waals surface area contributed by atoms with Gasteiger partial charge < -0.3 is 14.4 Å². The minimum Gasteiger partial charge on any atom is -0.492 e. The molecule has 3 aromatic rings. The summed E-state index contributed by atoms with van der Waals surface area (Å²) in [7, 11) is 0. The third-order valence-corrected chi connectivity index (χ3v) is 8.42. The van der Waals surface area contributed by atoms with Crippen molar-refractivity contribution in [2.45, 2.75) is 56.8 Å². The van der Waals surface area contributed by atoms with Crippen LogP contribution >= 0.6 is 0 Å². The molecule has 42 heavy (non-hydrogen) atoms. The third kappa shape index (κ3) is 5.50. The number of ether oxygens (including phenoxy) is 1. The largest absolute Gasteiger partial charge is 0.492 e. The predicted octanol–water partition coefficient (Wildman–Crippen LogP) is 8.25. The monoisotopic (exact) mass is 592 g/mol. The van der Waals surface area contributed by atoms with Crippen LogP contribution in [0.2, 0.25) is 0 Å². The number of halogens is 6. The topological polar surface area (TPSA) is 85.5 Å². The molecule has 3 saturated carbocycles. The Balaban J connectivity index is 1.07. The van der Waals surface area contributed by atoms with Crippen LogP contribution < -0.4 is 4.74 Å². The molecule has 0 saturated heterocycles. The maximum Gasteiger partial charge on any atom is 0.418 e. The van der Waals surface area contributed by atoms with Crippen molar-refractivity contribution in [3.8, 4) is 17.0 Å². The Labute approximate surface area is 236 Å². The van der Waals surface area contributed by atoms with E-state index in [1.807, 2.05) is 12.2 Å². The van der Waals surface area contributed by atoms with Crippen molar-refractivity contribution in [1.82, 2.24) is 10.1 Å². The highest BCUT2D eigenvalue weighted by molar-refractivity contribution is 5.87. The molecule has 1 spiro atoms. The summed E-state index contributed by atoms with van der Waals surface area (Å²) in [6, 6.07) is 6.01. The molecular weight excluding hydrogens is 566 g/mol. The van der Waals surface area contributed by atoms with Gasteiger partial charge in [-0.05, 0) is 67.9 Å². The number of alkyl halides is 6. The van der Waals surface area contributed by atoms with E-state index in [0.29, 0.717) is 17.4 Å². The number of allylic oxidation sites excluding steroid dienone is 1. The normalized spacial score (nSPS) is 24.0. The number of benzene rings is 1. The van der Waals surface area contributed by atoms with Crippen LogP contribution in [0.15, 0.2) is 47.1 Å². The molecular formula is C30H26F6N2O4. The van der Waals surface area contributed by atoms with E-state index in [-0.39, 0.29) is 46.8 Å². The highest BCUT2D eigenvalue weighted by atomic mass is 19.4. The van der Waals surface area contributed by atoms with Gasteiger partial charge in [-0.3, -0.25) is 0 Å². The van der Waals surface area contributed by atoms with Crippen molar-refractivity contribution in [2.75, 3.05) is 6.61 Å². The fraction of sp³-hybridized carbons (Fsp3) is 0.433. The quantitative estimate of drug-likeness (QED) is 0.265. The van der Waals surface area contributed by atoms with Crippen LogP contribution in [0.5, 0.6) is 5.75 Å². The van der Waals surface area contributed by atoms with Crippen LogP contribution in [0.25, 0.3) is 17.3 Å². The summed E-state index contributed by atoms with van der Waals surface area (Å²) in [6.45, 7) is 0.195. The molecule has 0 aliphatic heterocycles. The van der Waals surface area contributed by atoms with Gasteiger partial charge >= 0.3 is 18.3 Å². The van der Waals surface area contributed by atoms with E-state index >= 15 is 0 Å². The Kier molecular flexibility index (Phi) is 6.85. The van der Waals surface area contributed by atoms with E-state index in [2.05, 4.69) is 10.1 Å². The minimum absolute atomic E-state index is 0.0117. The van der Waals surface area contributed by atoms with Gasteiger partial charge in [-0.25, -0.2) is 9.78 Å². The van der Waals surface area contributed by atoms with Gasteiger partial charge in [0.25, 0.3) is 0 Å². The number of nitrogens with zero attached hydrogens (tertiary/aromatic N) is 2. The second-order valence-electron chi connectivity index (χ2n) is 11.6. The highest BCUT2D eigenvalue weighted by Gasteiger charge is 2.52. The Morgan fingerprint density at radius 2 is 1.74 bits per heavy atom. The maximum atomic E-state index is 13.7. The van der Waals surface area contributed by atoms with Crippen molar-refractivity contribution in [1.29, 1.82) is 0 Å². The number of aromatic nitrogens is 2. The van der Waals surface area contributed by atoms with E-state index < -0.39 is 35.1 Å². The lowest BCUT2D eigenvalue weighted by Gasteiger charge is -2.57. The summed E-state index contributed by atoms with van der Waals surface area (Å²) in [5.41, 5.74) is -2.30. The first-order valence-corrected chi connectivity index (χ1v) is 13.6. The summed E-state index contributed by atoms with van der Waals surface area (Å²) in [5, 5.41) is 13.0. The van der Waals surface area contributed by atoms with Crippen molar-refractivity contribution >= 4 is 12.0 Å². The predicted molar refractivity (Wildman–Crippen MR) is 138 cm³/mol.